The van der Waals surface area contributed by atoms with E-state index in [1.165, 1.54) is 11.0 Å². The molecular formula is C32H23BrClN3O6S2. The number of nitro benzene ring substituents is 1. The van der Waals surface area contributed by atoms with E-state index in [1.807, 2.05) is 24.3 Å². The highest BCUT2D eigenvalue weighted by atomic mass is 79.9. The number of nitrogens with zero attached hydrogens (tertiary/aromatic N) is 2. The third kappa shape index (κ3) is 4.59. The van der Waals surface area contributed by atoms with E-state index in [4.69, 9.17) is 16.3 Å². The number of anilines is 1. The average molecular weight is 725 g/mol. The number of fused-ring (bicyclic) bond motifs is 9. The van der Waals surface area contributed by atoms with E-state index in [0.717, 1.165) is 31.3 Å². The number of hydrogen-bond acceptors (Lipinski definition) is 8. The van der Waals surface area contributed by atoms with Crippen LogP contribution >= 0.6 is 50.6 Å². The number of thioether (sulfide) groups is 1. The third-order valence-corrected chi connectivity index (χ3v) is 13.0. The normalized spacial score (nSPS) is 27.8. The highest BCUT2D eigenvalue weighted by Crippen LogP contribution is 2.69. The minimum atomic E-state index is -0.496. The Morgan fingerprint density at radius 3 is 2.42 bits per heavy atom. The zero-order chi connectivity index (χ0) is 31.1. The van der Waals surface area contributed by atoms with Gasteiger partial charge in [0.1, 0.15) is 12.4 Å². The molecule has 8 rings (SSSR count). The number of non-ortho nitro benzene ring substituents is 1. The van der Waals surface area contributed by atoms with Crippen LogP contribution in [0.4, 0.5) is 11.4 Å². The number of ether oxygens (including phenoxy) is 1. The maximum atomic E-state index is 14.0. The number of aromatic nitrogens is 1. The molecule has 7 atom stereocenters. The summed E-state index contributed by atoms with van der Waals surface area (Å²) in [4.78, 5) is 57.1. The number of imide groups is 1. The highest BCUT2D eigenvalue weighted by Gasteiger charge is 2.70. The predicted octanol–water partition coefficient (Wildman–Crippen LogP) is 7.02. The first-order chi connectivity index (χ1) is 21.7. The number of H-pyrrole nitrogens is 1. The first kappa shape index (κ1) is 29.0. The molecule has 9 nitrogen and oxygen atoms in total. The van der Waals surface area contributed by atoms with Gasteiger partial charge in [-0.3, -0.25) is 29.4 Å². The molecule has 3 fully saturated rings. The number of nitrogens with one attached hydrogen (secondary N) is 1. The van der Waals surface area contributed by atoms with Crippen LogP contribution in [0.15, 0.2) is 81.0 Å². The van der Waals surface area contributed by atoms with Gasteiger partial charge in [0.2, 0.25) is 11.8 Å². The molecule has 2 aliphatic carbocycles. The lowest BCUT2D eigenvalue weighted by molar-refractivity contribution is -0.385. The van der Waals surface area contributed by atoms with E-state index in [-0.39, 0.29) is 52.0 Å². The lowest BCUT2D eigenvalue weighted by Crippen LogP contribution is -2.42. The number of aromatic amines is 1. The Kier molecular flexibility index (Phi) is 6.97. The van der Waals surface area contributed by atoms with Gasteiger partial charge in [-0.2, -0.15) is 0 Å². The van der Waals surface area contributed by atoms with Gasteiger partial charge in [-0.05, 0) is 72.2 Å². The van der Waals surface area contributed by atoms with E-state index in [1.54, 1.807) is 48.2 Å². The second kappa shape index (κ2) is 10.8. The highest BCUT2D eigenvalue weighted by molar-refractivity contribution is 9.10. The first-order valence-electron chi connectivity index (χ1n) is 14.4. The Morgan fingerprint density at radius 1 is 1.00 bits per heavy atom. The van der Waals surface area contributed by atoms with Crippen LogP contribution in [-0.4, -0.2) is 27.0 Å². The summed E-state index contributed by atoms with van der Waals surface area (Å²) in [5, 5.41) is 13.2. The van der Waals surface area contributed by atoms with Gasteiger partial charge in [0.15, 0.2) is 0 Å². The number of nitro groups is 1. The fraction of sp³-hybridized carbons (Fsp3) is 0.281. The van der Waals surface area contributed by atoms with E-state index >= 15 is 0 Å². The van der Waals surface area contributed by atoms with Crippen molar-refractivity contribution in [2.24, 2.45) is 29.6 Å². The van der Waals surface area contributed by atoms with Gasteiger partial charge in [-0.15, -0.1) is 11.8 Å². The molecule has 1 saturated heterocycles. The van der Waals surface area contributed by atoms with Crippen molar-refractivity contribution in [2.75, 3.05) is 4.90 Å². The molecular weight excluding hydrogens is 702 g/mol. The van der Waals surface area contributed by atoms with E-state index in [2.05, 4.69) is 20.9 Å². The summed E-state index contributed by atoms with van der Waals surface area (Å²) in [6.07, 6.45) is 0.703. The van der Waals surface area contributed by atoms with Crippen LogP contribution in [-0.2, 0) is 16.2 Å². The van der Waals surface area contributed by atoms with Crippen molar-refractivity contribution in [2.45, 2.75) is 29.2 Å². The molecule has 5 unspecified atom stereocenters. The van der Waals surface area contributed by atoms with Crippen molar-refractivity contribution in [3.05, 3.63) is 112 Å². The third-order valence-electron chi connectivity index (χ3n) is 9.66. The quantitative estimate of drug-likeness (QED) is 0.129. The molecule has 1 aromatic heterocycles. The average Bonchev–Trinajstić information content (AvgIpc) is 3.76. The van der Waals surface area contributed by atoms with Gasteiger partial charge in [-0.25, -0.2) is 0 Å². The molecule has 45 heavy (non-hydrogen) atoms. The Hall–Kier alpha value is -3.45. The number of carbonyl (C=O) groups is 2. The Balaban J connectivity index is 1.22. The molecule has 1 N–H and O–H groups in total. The fourth-order valence-corrected chi connectivity index (χ4v) is 11.2. The summed E-state index contributed by atoms with van der Waals surface area (Å²) < 4.78 is 7.17. The Labute approximate surface area is 278 Å². The second-order valence-electron chi connectivity index (χ2n) is 11.8. The first-order valence-corrected chi connectivity index (χ1v) is 17.2. The van der Waals surface area contributed by atoms with Crippen LogP contribution in [0.5, 0.6) is 5.75 Å². The summed E-state index contributed by atoms with van der Waals surface area (Å²) >= 11 is 12.1. The number of thiazole rings is 1. The molecule has 2 saturated carbocycles. The van der Waals surface area contributed by atoms with Crippen LogP contribution in [0, 0.1) is 39.7 Å². The summed E-state index contributed by atoms with van der Waals surface area (Å²) in [5.41, 5.74) is 1.95. The molecule has 228 valence electrons. The van der Waals surface area contributed by atoms with Gasteiger partial charge in [0.25, 0.3) is 5.69 Å². The van der Waals surface area contributed by atoms with Crippen molar-refractivity contribution in [1.29, 1.82) is 0 Å². The number of benzene rings is 3. The van der Waals surface area contributed by atoms with Crippen molar-refractivity contribution >= 4 is 73.8 Å². The zero-order valence-electron chi connectivity index (χ0n) is 23.2. The molecule has 4 aliphatic rings. The molecule has 4 aromatic rings. The van der Waals surface area contributed by atoms with Crippen molar-refractivity contribution < 1.29 is 19.2 Å². The van der Waals surface area contributed by atoms with E-state index in [9.17, 15) is 24.5 Å². The largest absolute Gasteiger partial charge is 0.489 e. The minimum Gasteiger partial charge on any atom is -0.489 e. The summed E-state index contributed by atoms with van der Waals surface area (Å²) in [6.45, 7) is 0.208. The van der Waals surface area contributed by atoms with Crippen molar-refractivity contribution in [1.82, 2.24) is 4.98 Å². The van der Waals surface area contributed by atoms with Gasteiger partial charge >= 0.3 is 4.87 Å². The van der Waals surface area contributed by atoms with Crippen LogP contribution < -0.4 is 14.5 Å². The topological polar surface area (TPSA) is 123 Å². The lowest BCUT2D eigenvalue weighted by Gasteiger charge is -2.43. The van der Waals surface area contributed by atoms with Gasteiger partial charge in [0.05, 0.1) is 27.5 Å². The van der Waals surface area contributed by atoms with E-state index < -0.39 is 22.7 Å². The molecule has 3 heterocycles. The number of rotatable bonds is 6. The van der Waals surface area contributed by atoms with Crippen LogP contribution in [0.25, 0.3) is 0 Å². The minimum absolute atomic E-state index is 0.0657. The second-order valence-corrected chi connectivity index (χ2v) is 15.4. The molecule has 2 amide bonds. The molecule has 3 aromatic carbocycles. The SMILES string of the molecule is O=C1C2C(C(=O)N1c1ccc(Br)cc1)[C@@H]1C[C@H]2C2Sc3[nH]c(=O)sc3C(c3cc([N+](=O)[O-])ccc3OCc3ccc(Cl)cc3)C21. The summed E-state index contributed by atoms with van der Waals surface area (Å²) in [5.74, 6) is -1.64. The number of hydrogen-bond donors (Lipinski definition) is 1. The fourth-order valence-electron chi connectivity index (χ4n) is 7.98. The van der Waals surface area contributed by atoms with Crippen molar-refractivity contribution in [3.63, 3.8) is 0 Å². The van der Waals surface area contributed by atoms with Crippen molar-refractivity contribution in [3.8, 4) is 5.75 Å². The summed E-state index contributed by atoms with van der Waals surface area (Å²) in [7, 11) is 0. The molecule has 0 spiro atoms. The molecule has 2 aliphatic heterocycles. The molecule has 13 heteroatoms. The number of halogens is 2. The number of amides is 2. The molecule has 2 bridgehead atoms. The maximum Gasteiger partial charge on any atom is 0.305 e. The number of carbonyl (C=O) groups excluding carboxylic acids is 2. The van der Waals surface area contributed by atoms with Crippen LogP contribution in [0.1, 0.15) is 28.3 Å². The summed E-state index contributed by atoms with van der Waals surface area (Å²) in [6, 6.07) is 19.0. The molecule has 0 radical (unpaired) electrons. The van der Waals surface area contributed by atoms with Crippen LogP contribution in [0.3, 0.4) is 0 Å². The smallest absolute Gasteiger partial charge is 0.305 e. The predicted molar refractivity (Wildman–Crippen MR) is 174 cm³/mol. The maximum absolute atomic E-state index is 14.0. The zero-order valence-corrected chi connectivity index (χ0v) is 27.2. The monoisotopic (exact) mass is 723 g/mol. The Morgan fingerprint density at radius 2 is 1.71 bits per heavy atom. The van der Waals surface area contributed by atoms with E-state index in [0.29, 0.717) is 28.4 Å². The standard InChI is InChI=1S/C32H23BrClN3O6S2/c33-15-3-7-17(8-4-15)36-30(38)25-20-12-21(26(25)31(36)39)27-24(20)23(28-29(44-27)35-32(40)45-28)19-11-18(37(41)42)9-10-22(19)43-13-14-1-5-16(34)6-2-14/h1-11,20-21,23-27H,12-13H2,(H,35,40)/t20-,21-,23?,24?,25?,26?,27?/m1/s1. The Bertz CT molecular complexity index is 1950. The lowest BCUT2D eigenvalue weighted by atomic mass is 9.68. The van der Waals surface area contributed by atoms with Gasteiger partial charge in [-0.1, -0.05) is 51.0 Å². The van der Waals surface area contributed by atoms with Crippen LogP contribution in [0.2, 0.25) is 5.02 Å². The van der Waals surface area contributed by atoms with Gasteiger partial charge < -0.3 is 9.72 Å². The van der Waals surface area contributed by atoms with Gasteiger partial charge in [0, 0.05) is 43.2 Å².